The molecule has 2 heterocycles. The van der Waals surface area contributed by atoms with Gasteiger partial charge in [-0.15, -0.1) is 0 Å². The molecule has 0 aliphatic rings. The molecule has 0 radical (unpaired) electrons. The second-order valence-electron chi connectivity index (χ2n) is 3.18. The number of nitrogens with zero attached hydrogens (tertiary/aromatic N) is 2. The Hall–Kier alpha value is -1.39. The molecule has 2 aromatic heterocycles. The van der Waals surface area contributed by atoms with Crippen molar-refractivity contribution >= 4 is 5.65 Å². The summed E-state index contributed by atoms with van der Waals surface area (Å²) >= 11 is 0. The first-order valence-corrected chi connectivity index (χ1v) is 4.50. The van der Waals surface area contributed by atoms with Crippen LogP contribution >= 0.6 is 0 Å². The van der Waals surface area contributed by atoms with Gasteiger partial charge in [0.05, 0.1) is 19.3 Å². The van der Waals surface area contributed by atoms with Gasteiger partial charge in [0.1, 0.15) is 5.65 Å². The van der Waals surface area contributed by atoms with Crippen LogP contribution in [0.3, 0.4) is 0 Å². The molecule has 0 aromatic carbocycles. The van der Waals surface area contributed by atoms with E-state index in [2.05, 4.69) is 23.5 Å². The molecule has 0 saturated carbocycles. The predicted octanol–water partition coefficient (Wildman–Crippen LogP) is 1.29. The Kier molecular flexibility index (Phi) is 2.47. The third-order valence-electron chi connectivity index (χ3n) is 2.13. The van der Waals surface area contributed by atoms with E-state index in [1.165, 1.54) is 5.56 Å². The average molecular weight is 191 g/mol. The van der Waals surface area contributed by atoms with Crippen molar-refractivity contribution in [3.8, 4) is 0 Å². The molecule has 0 spiro atoms. The largest absolute Gasteiger partial charge is 0.307 e. The maximum atomic E-state index is 4.77. The third kappa shape index (κ3) is 1.62. The Bertz CT molecular complexity index is 436. The van der Waals surface area contributed by atoms with Gasteiger partial charge >= 0.3 is 0 Å². The predicted molar refractivity (Wildman–Crippen MR) is 53.8 cm³/mol. The topological polar surface area (TPSA) is 38.6 Å². The highest BCUT2D eigenvalue weighted by Gasteiger charge is 2.02. The lowest BCUT2D eigenvalue weighted by atomic mass is 10.3. The smallest absolute Gasteiger partial charge is 0.139 e. The minimum absolute atomic E-state index is 0.623. The van der Waals surface area contributed by atoms with Crippen molar-refractivity contribution in [3.63, 3.8) is 0 Å². The molecule has 4 heteroatoms. The minimum Gasteiger partial charge on any atom is -0.307 e. The number of hydrogen-bond acceptors (Lipinski definition) is 3. The van der Waals surface area contributed by atoms with Crippen LogP contribution in [0.4, 0.5) is 0 Å². The van der Waals surface area contributed by atoms with Crippen molar-refractivity contribution in [1.82, 2.24) is 14.9 Å². The number of nitrogens with one attached hydrogen (secondary N) is 1. The van der Waals surface area contributed by atoms with Crippen LogP contribution < -0.4 is 5.48 Å². The molecular weight excluding hydrogens is 178 g/mol. The zero-order valence-electron chi connectivity index (χ0n) is 8.32. The lowest BCUT2D eigenvalue weighted by Crippen LogP contribution is -2.10. The summed E-state index contributed by atoms with van der Waals surface area (Å²) in [5.74, 6) is 0. The number of hydrogen-bond donors (Lipinski definition) is 1. The summed E-state index contributed by atoms with van der Waals surface area (Å²) in [6.07, 6.45) is 3.99. The molecule has 14 heavy (non-hydrogen) atoms. The monoisotopic (exact) mass is 191 g/mol. The Morgan fingerprint density at radius 1 is 1.57 bits per heavy atom. The van der Waals surface area contributed by atoms with Crippen molar-refractivity contribution in [2.24, 2.45) is 0 Å². The van der Waals surface area contributed by atoms with E-state index >= 15 is 0 Å². The number of aromatic nitrogens is 2. The zero-order chi connectivity index (χ0) is 9.97. The first-order valence-electron chi connectivity index (χ1n) is 4.50. The third-order valence-corrected chi connectivity index (χ3v) is 2.13. The van der Waals surface area contributed by atoms with Gasteiger partial charge in [-0.3, -0.25) is 0 Å². The average Bonchev–Trinajstić information content (AvgIpc) is 2.59. The molecule has 2 aromatic rings. The van der Waals surface area contributed by atoms with Crippen LogP contribution in [0.5, 0.6) is 0 Å². The Morgan fingerprint density at radius 3 is 3.14 bits per heavy atom. The summed E-state index contributed by atoms with van der Waals surface area (Å²) in [4.78, 5) is 9.24. The highest BCUT2D eigenvalue weighted by atomic mass is 16.6. The lowest BCUT2D eigenvalue weighted by Gasteiger charge is -1.95. The highest BCUT2D eigenvalue weighted by molar-refractivity contribution is 5.47. The fourth-order valence-electron chi connectivity index (χ4n) is 1.44. The van der Waals surface area contributed by atoms with Gasteiger partial charge in [-0.05, 0) is 18.6 Å². The van der Waals surface area contributed by atoms with Gasteiger partial charge < -0.3 is 9.24 Å². The van der Waals surface area contributed by atoms with Crippen LogP contribution in [-0.2, 0) is 11.4 Å². The maximum absolute atomic E-state index is 4.77. The molecule has 0 atom stereocenters. The molecule has 0 aliphatic heterocycles. The standard InChI is InChI=1S/C10H13N3O/c1-8-4-3-5-13-7-9(6-11-14-2)12-10(8)13/h3-5,7,11H,6H2,1-2H3. The second kappa shape index (κ2) is 3.77. The first kappa shape index (κ1) is 9.18. The van der Waals surface area contributed by atoms with E-state index in [0.717, 1.165) is 11.3 Å². The summed E-state index contributed by atoms with van der Waals surface area (Å²) in [6.45, 7) is 2.67. The molecule has 2 rings (SSSR count). The Balaban J connectivity index is 2.36. The molecule has 4 nitrogen and oxygen atoms in total. The van der Waals surface area contributed by atoms with Gasteiger partial charge in [0.25, 0.3) is 0 Å². The van der Waals surface area contributed by atoms with Crippen LogP contribution in [-0.4, -0.2) is 16.5 Å². The van der Waals surface area contributed by atoms with Crippen molar-refractivity contribution in [2.75, 3.05) is 7.11 Å². The van der Waals surface area contributed by atoms with E-state index in [1.54, 1.807) is 7.11 Å². The Morgan fingerprint density at radius 2 is 2.43 bits per heavy atom. The van der Waals surface area contributed by atoms with Gasteiger partial charge in [-0.25, -0.2) is 4.98 Å². The van der Waals surface area contributed by atoms with Crippen LogP contribution in [0, 0.1) is 6.92 Å². The van der Waals surface area contributed by atoms with E-state index in [1.807, 2.05) is 22.9 Å². The van der Waals surface area contributed by atoms with E-state index < -0.39 is 0 Å². The number of fused-ring (bicyclic) bond motifs is 1. The van der Waals surface area contributed by atoms with E-state index in [9.17, 15) is 0 Å². The molecule has 0 saturated heterocycles. The molecular formula is C10H13N3O. The first-order chi connectivity index (χ1) is 6.81. The van der Waals surface area contributed by atoms with E-state index in [4.69, 9.17) is 4.84 Å². The summed E-state index contributed by atoms with van der Waals surface area (Å²) in [7, 11) is 1.60. The van der Waals surface area contributed by atoms with Crippen molar-refractivity contribution in [2.45, 2.75) is 13.5 Å². The van der Waals surface area contributed by atoms with E-state index in [-0.39, 0.29) is 0 Å². The summed E-state index contributed by atoms with van der Waals surface area (Å²) < 4.78 is 2.02. The maximum Gasteiger partial charge on any atom is 0.139 e. The fourth-order valence-corrected chi connectivity index (χ4v) is 1.44. The zero-order valence-corrected chi connectivity index (χ0v) is 8.32. The van der Waals surface area contributed by atoms with Crippen LogP contribution in [0.25, 0.3) is 5.65 Å². The number of hydroxylamine groups is 1. The van der Waals surface area contributed by atoms with Crippen molar-refractivity contribution < 1.29 is 4.84 Å². The molecule has 0 aliphatic carbocycles. The quantitative estimate of drug-likeness (QED) is 0.743. The Labute approximate surface area is 82.5 Å². The minimum atomic E-state index is 0.623. The van der Waals surface area contributed by atoms with Gasteiger partial charge in [-0.1, -0.05) is 6.07 Å². The summed E-state index contributed by atoms with van der Waals surface area (Å²) in [5.41, 5.74) is 5.92. The number of rotatable bonds is 3. The SMILES string of the molecule is CONCc1cn2cccc(C)c2n1. The van der Waals surface area contributed by atoms with Crippen molar-refractivity contribution in [1.29, 1.82) is 0 Å². The number of aryl methyl sites for hydroxylation is 1. The van der Waals surface area contributed by atoms with Crippen LogP contribution in [0.15, 0.2) is 24.5 Å². The molecule has 0 bridgehead atoms. The van der Waals surface area contributed by atoms with Crippen LogP contribution in [0.1, 0.15) is 11.3 Å². The van der Waals surface area contributed by atoms with Gasteiger partial charge in [0, 0.05) is 12.4 Å². The fraction of sp³-hybridized carbons (Fsp3) is 0.300. The molecule has 0 amide bonds. The van der Waals surface area contributed by atoms with E-state index in [0.29, 0.717) is 6.54 Å². The normalized spacial score (nSPS) is 11.0. The second-order valence-corrected chi connectivity index (χ2v) is 3.18. The highest BCUT2D eigenvalue weighted by Crippen LogP contribution is 2.09. The summed E-state index contributed by atoms with van der Waals surface area (Å²) in [5, 5.41) is 0. The number of pyridine rings is 1. The molecule has 74 valence electrons. The van der Waals surface area contributed by atoms with Gasteiger partial charge in [-0.2, -0.15) is 5.48 Å². The van der Waals surface area contributed by atoms with Crippen LogP contribution in [0.2, 0.25) is 0 Å². The number of imidazole rings is 1. The van der Waals surface area contributed by atoms with Gasteiger partial charge in [0.15, 0.2) is 0 Å². The molecule has 1 N–H and O–H groups in total. The van der Waals surface area contributed by atoms with Gasteiger partial charge in [0.2, 0.25) is 0 Å². The lowest BCUT2D eigenvalue weighted by molar-refractivity contribution is 0.0859. The molecule has 0 unspecified atom stereocenters. The molecule has 0 fully saturated rings. The summed E-state index contributed by atoms with van der Waals surface area (Å²) in [6, 6.07) is 4.06. The van der Waals surface area contributed by atoms with Crippen molar-refractivity contribution in [3.05, 3.63) is 35.8 Å².